The highest BCUT2D eigenvalue weighted by molar-refractivity contribution is 5.86. The monoisotopic (exact) mass is 405 g/mol. The highest BCUT2D eigenvalue weighted by Gasteiger charge is 2.41. The highest BCUT2D eigenvalue weighted by atomic mass is 19.1. The Morgan fingerprint density at radius 1 is 1.07 bits per heavy atom. The van der Waals surface area contributed by atoms with E-state index in [1.165, 1.54) is 31.7 Å². The van der Waals surface area contributed by atoms with Crippen LogP contribution in [0.3, 0.4) is 0 Å². The Morgan fingerprint density at radius 3 is 2.17 bits per heavy atom. The van der Waals surface area contributed by atoms with Crippen LogP contribution in [0.25, 0.3) is 0 Å². The van der Waals surface area contributed by atoms with Crippen LogP contribution in [0.5, 0.6) is 0 Å². The van der Waals surface area contributed by atoms with Crippen molar-refractivity contribution in [2.24, 2.45) is 5.73 Å². The minimum atomic E-state index is -0.986. The predicted octanol–water partition coefficient (Wildman–Crippen LogP) is 4.32. The molecule has 0 radical (unpaired) electrons. The van der Waals surface area contributed by atoms with Crippen molar-refractivity contribution in [3.63, 3.8) is 0 Å². The molecule has 2 rings (SSSR count). The van der Waals surface area contributed by atoms with Crippen molar-refractivity contribution in [1.82, 2.24) is 9.80 Å². The summed E-state index contributed by atoms with van der Waals surface area (Å²) in [6, 6.07) is 7.39. The van der Waals surface area contributed by atoms with Crippen LogP contribution in [-0.4, -0.2) is 54.0 Å². The minimum Gasteiger partial charge on any atom is -0.369 e. The Kier molecular flexibility index (Phi) is 9.09. The van der Waals surface area contributed by atoms with Crippen molar-refractivity contribution in [2.45, 2.75) is 83.7 Å². The summed E-state index contributed by atoms with van der Waals surface area (Å²) < 4.78 is 14.9. The number of primary amides is 1. The SMILES string of the molecule is CC(C)N(CC[C@](CCN1CCCCCC1)(C(N)=O)c1ccccc1F)C(C)C. The van der Waals surface area contributed by atoms with Gasteiger partial charge in [0.15, 0.2) is 0 Å². The van der Waals surface area contributed by atoms with Crippen LogP contribution in [0.15, 0.2) is 24.3 Å². The van der Waals surface area contributed by atoms with Gasteiger partial charge in [-0.15, -0.1) is 0 Å². The lowest BCUT2D eigenvalue weighted by Crippen LogP contribution is -2.48. The summed E-state index contributed by atoms with van der Waals surface area (Å²) in [4.78, 5) is 17.7. The third kappa shape index (κ3) is 6.26. The van der Waals surface area contributed by atoms with Gasteiger partial charge < -0.3 is 10.6 Å². The molecule has 0 bridgehead atoms. The fraction of sp³-hybridized carbons (Fsp3) is 0.708. The number of halogens is 1. The maximum absolute atomic E-state index is 14.9. The largest absolute Gasteiger partial charge is 0.369 e. The highest BCUT2D eigenvalue weighted by Crippen LogP contribution is 2.35. The lowest BCUT2D eigenvalue weighted by atomic mass is 9.73. The molecule has 164 valence electrons. The van der Waals surface area contributed by atoms with Gasteiger partial charge in [-0.25, -0.2) is 4.39 Å². The van der Waals surface area contributed by atoms with Crippen LogP contribution < -0.4 is 5.73 Å². The fourth-order valence-electron chi connectivity index (χ4n) is 4.76. The predicted molar refractivity (Wildman–Crippen MR) is 118 cm³/mol. The summed E-state index contributed by atoms with van der Waals surface area (Å²) in [6.07, 6.45) is 6.02. The number of likely N-dealkylation sites (tertiary alicyclic amines) is 1. The first-order valence-corrected chi connectivity index (χ1v) is 11.3. The lowest BCUT2D eigenvalue weighted by Gasteiger charge is -2.38. The molecule has 4 nitrogen and oxygen atoms in total. The Hall–Kier alpha value is -1.46. The lowest BCUT2D eigenvalue weighted by molar-refractivity contribution is -0.124. The zero-order chi connectivity index (χ0) is 21.4. The molecule has 0 saturated carbocycles. The van der Waals surface area contributed by atoms with Gasteiger partial charge in [0.1, 0.15) is 5.82 Å². The van der Waals surface area contributed by atoms with Gasteiger partial charge in [0.2, 0.25) is 5.91 Å². The molecule has 0 aromatic heterocycles. The summed E-state index contributed by atoms with van der Waals surface area (Å²) in [5.74, 6) is -0.743. The summed E-state index contributed by atoms with van der Waals surface area (Å²) in [7, 11) is 0. The van der Waals surface area contributed by atoms with E-state index in [-0.39, 0.29) is 5.82 Å². The van der Waals surface area contributed by atoms with Crippen LogP contribution in [0.1, 0.15) is 71.8 Å². The van der Waals surface area contributed by atoms with Crippen LogP contribution in [0, 0.1) is 5.82 Å². The van der Waals surface area contributed by atoms with E-state index in [0.717, 1.165) is 19.6 Å². The van der Waals surface area contributed by atoms with Crippen LogP contribution in [0.2, 0.25) is 0 Å². The molecule has 1 fully saturated rings. The molecular formula is C24H40FN3O. The Balaban J connectivity index is 2.31. The van der Waals surface area contributed by atoms with Crippen molar-refractivity contribution in [3.05, 3.63) is 35.6 Å². The molecule has 1 amide bonds. The molecule has 1 aliphatic rings. The Labute approximate surface area is 176 Å². The maximum Gasteiger partial charge on any atom is 0.228 e. The molecule has 1 atom stereocenters. The maximum atomic E-state index is 14.9. The van der Waals surface area contributed by atoms with Crippen LogP contribution in [-0.2, 0) is 10.2 Å². The van der Waals surface area contributed by atoms with Crippen LogP contribution >= 0.6 is 0 Å². The van der Waals surface area contributed by atoms with Gasteiger partial charge in [-0.2, -0.15) is 0 Å². The fourth-order valence-corrected chi connectivity index (χ4v) is 4.76. The van der Waals surface area contributed by atoms with E-state index in [1.54, 1.807) is 12.1 Å². The van der Waals surface area contributed by atoms with E-state index in [0.29, 0.717) is 37.0 Å². The molecule has 1 aromatic rings. The summed E-state index contributed by atoms with van der Waals surface area (Å²) >= 11 is 0. The van der Waals surface area contributed by atoms with E-state index in [2.05, 4.69) is 37.5 Å². The van der Waals surface area contributed by atoms with Crippen LogP contribution in [0.4, 0.5) is 4.39 Å². The summed E-state index contributed by atoms with van der Waals surface area (Å²) in [5.41, 5.74) is 5.48. The van der Waals surface area contributed by atoms with Gasteiger partial charge in [0.05, 0.1) is 5.41 Å². The van der Waals surface area contributed by atoms with E-state index in [4.69, 9.17) is 5.73 Å². The number of hydrogen-bond donors (Lipinski definition) is 1. The molecule has 0 unspecified atom stereocenters. The first-order valence-electron chi connectivity index (χ1n) is 11.3. The number of benzene rings is 1. The van der Waals surface area contributed by atoms with Gasteiger partial charge >= 0.3 is 0 Å². The van der Waals surface area contributed by atoms with Crippen molar-refractivity contribution < 1.29 is 9.18 Å². The second-order valence-electron chi connectivity index (χ2n) is 9.11. The third-order valence-electron chi connectivity index (χ3n) is 6.54. The van der Waals surface area contributed by atoms with E-state index in [1.807, 2.05) is 6.07 Å². The normalized spacial score (nSPS) is 18.2. The van der Waals surface area contributed by atoms with Crippen molar-refractivity contribution in [1.29, 1.82) is 0 Å². The van der Waals surface area contributed by atoms with Gasteiger partial charge in [-0.1, -0.05) is 31.0 Å². The number of carbonyl (C=O) groups excluding carboxylic acids is 1. The smallest absolute Gasteiger partial charge is 0.228 e. The van der Waals surface area contributed by atoms with Gasteiger partial charge in [-0.3, -0.25) is 9.69 Å². The molecule has 5 heteroatoms. The molecule has 0 aliphatic carbocycles. The van der Waals surface area contributed by atoms with Crippen molar-refractivity contribution >= 4 is 5.91 Å². The molecule has 1 saturated heterocycles. The molecule has 1 heterocycles. The Morgan fingerprint density at radius 2 is 1.66 bits per heavy atom. The molecule has 1 aromatic carbocycles. The molecular weight excluding hydrogens is 365 g/mol. The van der Waals surface area contributed by atoms with Crippen molar-refractivity contribution in [2.75, 3.05) is 26.2 Å². The molecule has 1 aliphatic heterocycles. The van der Waals surface area contributed by atoms with E-state index >= 15 is 0 Å². The summed E-state index contributed by atoms with van der Waals surface area (Å²) in [5, 5.41) is 0. The second kappa shape index (κ2) is 11.1. The first kappa shape index (κ1) is 23.8. The van der Waals surface area contributed by atoms with Gasteiger partial charge in [0.25, 0.3) is 0 Å². The molecule has 2 N–H and O–H groups in total. The number of rotatable bonds is 10. The minimum absolute atomic E-state index is 0.331. The van der Waals surface area contributed by atoms with E-state index in [9.17, 15) is 9.18 Å². The standard InChI is InChI=1S/C24H40FN3O/c1-19(2)28(20(3)4)18-14-24(23(26)29,21-11-7-8-12-22(21)25)13-17-27-15-9-5-6-10-16-27/h7-8,11-12,19-20H,5-6,9-10,13-18H2,1-4H3,(H2,26,29)/t24-/m0/s1. The number of carbonyl (C=O) groups is 1. The number of amides is 1. The quantitative estimate of drug-likeness (QED) is 0.630. The van der Waals surface area contributed by atoms with Gasteiger partial charge in [0, 0.05) is 24.2 Å². The van der Waals surface area contributed by atoms with Gasteiger partial charge in [-0.05, 0) is 79.1 Å². The number of hydrogen-bond acceptors (Lipinski definition) is 3. The second-order valence-corrected chi connectivity index (χ2v) is 9.11. The third-order valence-corrected chi connectivity index (χ3v) is 6.54. The molecule has 29 heavy (non-hydrogen) atoms. The average Bonchev–Trinajstić information content (AvgIpc) is 2.93. The topological polar surface area (TPSA) is 49.6 Å². The first-order chi connectivity index (χ1) is 13.8. The number of nitrogens with two attached hydrogens (primary N) is 1. The average molecular weight is 406 g/mol. The zero-order valence-corrected chi connectivity index (χ0v) is 18.8. The molecule has 0 spiro atoms. The zero-order valence-electron chi connectivity index (χ0n) is 18.8. The van der Waals surface area contributed by atoms with Crippen molar-refractivity contribution in [3.8, 4) is 0 Å². The summed E-state index contributed by atoms with van der Waals surface area (Å²) in [6.45, 7) is 12.2. The number of nitrogens with zero attached hydrogens (tertiary/aromatic N) is 2. The van der Waals surface area contributed by atoms with E-state index < -0.39 is 11.3 Å². The Bertz CT molecular complexity index is 633.